The van der Waals surface area contributed by atoms with Crippen molar-refractivity contribution < 1.29 is 22.7 Å². The number of para-hydroxylation sites is 1. The smallest absolute Gasteiger partial charge is 0.416 e. The van der Waals surface area contributed by atoms with Crippen molar-refractivity contribution in [2.45, 2.75) is 25.1 Å². The van der Waals surface area contributed by atoms with Gasteiger partial charge in [-0.2, -0.15) is 13.2 Å². The Labute approximate surface area is 165 Å². The summed E-state index contributed by atoms with van der Waals surface area (Å²) >= 11 is 0. The fraction of sp³-hybridized carbons (Fsp3) is 0.273. The minimum absolute atomic E-state index is 0.0424. The van der Waals surface area contributed by atoms with Crippen molar-refractivity contribution in [1.29, 1.82) is 0 Å². The Balaban J connectivity index is 1.38. The van der Waals surface area contributed by atoms with Gasteiger partial charge in [0, 0.05) is 43.1 Å². The van der Waals surface area contributed by atoms with Crippen molar-refractivity contribution in [3.63, 3.8) is 0 Å². The molecule has 0 bridgehead atoms. The number of benzene rings is 2. The molecule has 1 saturated heterocycles. The van der Waals surface area contributed by atoms with Gasteiger partial charge in [-0.15, -0.1) is 0 Å². The molecule has 0 saturated carbocycles. The number of halogens is 3. The lowest BCUT2D eigenvalue weighted by atomic mass is 10.1. The number of alkyl halides is 3. The first-order valence-corrected chi connectivity index (χ1v) is 9.39. The van der Waals surface area contributed by atoms with Crippen molar-refractivity contribution in [2.75, 3.05) is 13.1 Å². The summed E-state index contributed by atoms with van der Waals surface area (Å²) in [5, 5.41) is 1.000. The number of pyridine rings is 1. The molecule has 1 aromatic heterocycles. The number of fused-ring (bicyclic) bond motifs is 1. The second-order valence-electron chi connectivity index (χ2n) is 7.02. The van der Waals surface area contributed by atoms with E-state index in [1.165, 1.54) is 12.1 Å². The first-order chi connectivity index (χ1) is 13.9. The van der Waals surface area contributed by atoms with Crippen molar-refractivity contribution in [2.24, 2.45) is 0 Å². The Morgan fingerprint density at radius 3 is 2.38 bits per heavy atom. The second-order valence-corrected chi connectivity index (χ2v) is 7.02. The van der Waals surface area contributed by atoms with Crippen LogP contribution in [0.25, 0.3) is 10.9 Å². The molecule has 7 heteroatoms. The molecule has 1 aliphatic rings. The maximum Gasteiger partial charge on any atom is 0.416 e. The molecule has 0 unspecified atom stereocenters. The van der Waals surface area contributed by atoms with E-state index < -0.39 is 11.7 Å². The average Bonchev–Trinajstić information content (AvgIpc) is 2.73. The lowest BCUT2D eigenvalue weighted by molar-refractivity contribution is -0.137. The summed E-state index contributed by atoms with van der Waals surface area (Å²) in [6, 6.07) is 14.0. The average molecular weight is 400 g/mol. The molecule has 4 rings (SSSR count). The van der Waals surface area contributed by atoms with Gasteiger partial charge in [0.05, 0.1) is 5.56 Å². The van der Waals surface area contributed by atoms with Crippen LogP contribution in [-0.4, -0.2) is 35.0 Å². The highest BCUT2D eigenvalue weighted by atomic mass is 19.4. The Morgan fingerprint density at radius 2 is 1.69 bits per heavy atom. The predicted molar refractivity (Wildman–Crippen MR) is 103 cm³/mol. The van der Waals surface area contributed by atoms with E-state index in [1.807, 2.05) is 30.3 Å². The van der Waals surface area contributed by atoms with E-state index in [0.29, 0.717) is 25.9 Å². The zero-order valence-corrected chi connectivity index (χ0v) is 15.5. The summed E-state index contributed by atoms with van der Waals surface area (Å²) < 4.78 is 44.2. The van der Waals surface area contributed by atoms with Gasteiger partial charge in [-0.05, 0) is 36.4 Å². The summed E-state index contributed by atoms with van der Waals surface area (Å²) in [6.07, 6.45) is -1.43. The quantitative estimate of drug-likeness (QED) is 0.626. The predicted octanol–water partition coefficient (Wildman–Crippen LogP) is 4.94. The number of carbonyl (C=O) groups is 1. The lowest BCUT2D eigenvalue weighted by Gasteiger charge is -2.32. The van der Waals surface area contributed by atoms with Gasteiger partial charge in [0.15, 0.2) is 0 Å². The lowest BCUT2D eigenvalue weighted by Crippen LogP contribution is -2.41. The van der Waals surface area contributed by atoms with E-state index in [2.05, 4.69) is 4.98 Å². The maximum absolute atomic E-state index is 12.7. The Morgan fingerprint density at radius 1 is 1.00 bits per heavy atom. The zero-order chi connectivity index (χ0) is 20.4. The molecule has 29 heavy (non-hydrogen) atoms. The highest BCUT2D eigenvalue weighted by molar-refractivity contribution is 5.94. The Kier molecular flexibility index (Phi) is 5.13. The largest absolute Gasteiger partial charge is 0.488 e. The monoisotopic (exact) mass is 400 g/mol. The molecule has 1 aliphatic heterocycles. The third-order valence-electron chi connectivity index (χ3n) is 5.08. The summed E-state index contributed by atoms with van der Waals surface area (Å²) in [5.41, 5.74) is 0.304. The second kappa shape index (κ2) is 7.73. The first-order valence-electron chi connectivity index (χ1n) is 9.39. The minimum atomic E-state index is -4.41. The van der Waals surface area contributed by atoms with Gasteiger partial charge in [-0.1, -0.05) is 18.2 Å². The standard InChI is InChI=1S/C22H19F3N2O2/c23-22(24,25)17-8-6-16(7-9-17)21(28)27-13-10-18(11-14-27)29-19-5-1-3-15-4-2-12-26-20(15)19/h1-9,12,18H,10-11,13-14H2. The van der Waals surface area contributed by atoms with Crippen molar-refractivity contribution >= 4 is 16.8 Å². The van der Waals surface area contributed by atoms with Crippen molar-refractivity contribution in [3.8, 4) is 5.75 Å². The zero-order valence-electron chi connectivity index (χ0n) is 15.5. The fourth-order valence-electron chi connectivity index (χ4n) is 3.51. The number of hydrogen-bond donors (Lipinski definition) is 0. The highest BCUT2D eigenvalue weighted by Crippen LogP contribution is 2.30. The van der Waals surface area contributed by atoms with E-state index in [0.717, 1.165) is 28.8 Å². The molecule has 0 atom stereocenters. The van der Waals surface area contributed by atoms with Crippen LogP contribution in [0.1, 0.15) is 28.8 Å². The molecule has 4 nitrogen and oxygen atoms in total. The number of ether oxygens (including phenoxy) is 1. The van der Waals surface area contributed by atoms with Crippen LogP contribution in [0.4, 0.5) is 13.2 Å². The van der Waals surface area contributed by atoms with Crippen LogP contribution in [0.2, 0.25) is 0 Å². The molecule has 0 spiro atoms. The van der Waals surface area contributed by atoms with Crippen LogP contribution in [0.15, 0.2) is 60.8 Å². The molecule has 1 amide bonds. The number of amides is 1. The number of piperidine rings is 1. The topological polar surface area (TPSA) is 42.4 Å². The molecule has 1 fully saturated rings. The van der Waals surface area contributed by atoms with Crippen LogP contribution in [0, 0.1) is 0 Å². The Hall–Kier alpha value is -3.09. The fourth-order valence-corrected chi connectivity index (χ4v) is 3.51. The van der Waals surface area contributed by atoms with Gasteiger partial charge in [0.25, 0.3) is 5.91 Å². The molecular formula is C22H19F3N2O2. The van der Waals surface area contributed by atoms with E-state index in [-0.39, 0.29) is 17.6 Å². The number of aromatic nitrogens is 1. The molecule has 2 heterocycles. The highest BCUT2D eigenvalue weighted by Gasteiger charge is 2.31. The molecule has 150 valence electrons. The molecule has 3 aromatic rings. The van der Waals surface area contributed by atoms with E-state index in [4.69, 9.17) is 4.74 Å². The maximum atomic E-state index is 12.7. The molecule has 0 N–H and O–H groups in total. The molecule has 2 aromatic carbocycles. The normalized spacial score (nSPS) is 15.5. The minimum Gasteiger partial charge on any atom is -0.488 e. The SMILES string of the molecule is O=C(c1ccc(C(F)(F)F)cc1)N1CCC(Oc2cccc3cccnc23)CC1. The molecule has 0 aliphatic carbocycles. The van der Waals surface area contributed by atoms with E-state index in [1.54, 1.807) is 11.1 Å². The number of likely N-dealkylation sites (tertiary alicyclic amines) is 1. The van der Waals surface area contributed by atoms with E-state index in [9.17, 15) is 18.0 Å². The van der Waals surface area contributed by atoms with Crippen LogP contribution in [-0.2, 0) is 6.18 Å². The van der Waals surface area contributed by atoms with Crippen LogP contribution in [0.5, 0.6) is 5.75 Å². The Bertz CT molecular complexity index is 1010. The molecule has 0 radical (unpaired) electrons. The number of hydrogen-bond acceptors (Lipinski definition) is 3. The number of rotatable bonds is 3. The first kappa shape index (κ1) is 19.2. The van der Waals surface area contributed by atoms with Crippen LogP contribution >= 0.6 is 0 Å². The van der Waals surface area contributed by atoms with Crippen LogP contribution in [0.3, 0.4) is 0 Å². The molecular weight excluding hydrogens is 381 g/mol. The van der Waals surface area contributed by atoms with Gasteiger partial charge in [-0.25, -0.2) is 0 Å². The van der Waals surface area contributed by atoms with E-state index >= 15 is 0 Å². The summed E-state index contributed by atoms with van der Waals surface area (Å²) in [4.78, 5) is 18.6. The number of carbonyl (C=O) groups excluding carboxylic acids is 1. The third kappa shape index (κ3) is 4.18. The summed E-state index contributed by atoms with van der Waals surface area (Å²) in [7, 11) is 0. The van der Waals surface area contributed by atoms with Gasteiger partial charge < -0.3 is 9.64 Å². The third-order valence-corrected chi connectivity index (χ3v) is 5.08. The van der Waals surface area contributed by atoms with Gasteiger partial charge in [-0.3, -0.25) is 9.78 Å². The van der Waals surface area contributed by atoms with Crippen molar-refractivity contribution in [1.82, 2.24) is 9.88 Å². The summed E-state index contributed by atoms with van der Waals surface area (Å²) in [6.45, 7) is 0.978. The van der Waals surface area contributed by atoms with Crippen molar-refractivity contribution in [3.05, 3.63) is 71.9 Å². The van der Waals surface area contributed by atoms with Gasteiger partial charge in [0.2, 0.25) is 0 Å². The van der Waals surface area contributed by atoms with Gasteiger partial charge >= 0.3 is 6.18 Å². The summed E-state index contributed by atoms with van der Waals surface area (Å²) in [5.74, 6) is 0.458. The number of nitrogens with zero attached hydrogens (tertiary/aromatic N) is 2. The van der Waals surface area contributed by atoms with Crippen LogP contribution < -0.4 is 4.74 Å². The van der Waals surface area contributed by atoms with Gasteiger partial charge in [0.1, 0.15) is 17.4 Å².